The smallest absolute Gasteiger partial charge is 0.303 e. The van der Waals surface area contributed by atoms with Gasteiger partial charge in [-0.3, -0.25) is 4.79 Å². The van der Waals surface area contributed by atoms with Crippen LogP contribution in [0.25, 0.3) is 11.1 Å². The van der Waals surface area contributed by atoms with E-state index in [1.165, 1.54) is 16.9 Å². The number of hydrogen-bond acceptors (Lipinski definition) is 5. The molecule has 3 aromatic rings. The molecule has 0 radical (unpaired) electrons. The van der Waals surface area contributed by atoms with E-state index in [1.807, 2.05) is 48.5 Å². The molecule has 0 heterocycles. The van der Waals surface area contributed by atoms with Crippen molar-refractivity contribution in [3.8, 4) is 11.1 Å². The summed E-state index contributed by atoms with van der Waals surface area (Å²) in [7, 11) is -2.33. The van der Waals surface area contributed by atoms with Crippen LogP contribution in [0.4, 0.5) is 0 Å². The number of aliphatic hydroxyl groups is 1. The van der Waals surface area contributed by atoms with Crippen molar-refractivity contribution in [2.75, 3.05) is 20.1 Å². The zero-order valence-corrected chi connectivity index (χ0v) is 23.8. The van der Waals surface area contributed by atoms with Gasteiger partial charge < -0.3 is 15.5 Å². The van der Waals surface area contributed by atoms with Gasteiger partial charge in [0.1, 0.15) is 0 Å². The number of aryl methyl sites for hydroxylation is 2. The first-order valence-electron chi connectivity index (χ1n) is 13.3. The molecule has 0 bridgehead atoms. The minimum atomic E-state index is -3.81. The lowest BCUT2D eigenvalue weighted by Crippen LogP contribution is -2.46. The normalized spacial score (nSPS) is 12.9. The molecular formula is C31H40N2O5S. The van der Waals surface area contributed by atoms with E-state index in [0.717, 1.165) is 36.0 Å². The molecule has 39 heavy (non-hydrogen) atoms. The fraction of sp³-hybridized carbons (Fsp3) is 0.387. The van der Waals surface area contributed by atoms with E-state index in [-0.39, 0.29) is 29.9 Å². The lowest BCUT2D eigenvalue weighted by Gasteiger charge is -2.29. The maximum absolute atomic E-state index is 13.3. The van der Waals surface area contributed by atoms with E-state index in [9.17, 15) is 18.3 Å². The number of nitrogens with zero attached hydrogens (tertiary/aromatic N) is 1. The average Bonchev–Trinajstić information content (AvgIpc) is 2.91. The van der Waals surface area contributed by atoms with Crippen LogP contribution in [-0.2, 0) is 27.7 Å². The second-order valence-electron chi connectivity index (χ2n) is 10.7. The van der Waals surface area contributed by atoms with Gasteiger partial charge in [-0.2, -0.15) is 4.31 Å². The zero-order chi connectivity index (χ0) is 28.5. The second-order valence-corrected chi connectivity index (χ2v) is 12.7. The van der Waals surface area contributed by atoms with Crippen molar-refractivity contribution in [1.82, 2.24) is 9.62 Å². The van der Waals surface area contributed by atoms with Crippen LogP contribution in [0.5, 0.6) is 0 Å². The summed E-state index contributed by atoms with van der Waals surface area (Å²) < 4.78 is 27.7. The lowest BCUT2D eigenvalue weighted by atomic mass is 9.95. The Hall–Kier alpha value is -3.04. The maximum Gasteiger partial charge on any atom is 0.303 e. The van der Waals surface area contributed by atoms with Gasteiger partial charge >= 0.3 is 5.97 Å². The van der Waals surface area contributed by atoms with Gasteiger partial charge in [-0.05, 0) is 73.9 Å². The van der Waals surface area contributed by atoms with Gasteiger partial charge in [0.15, 0.2) is 0 Å². The summed E-state index contributed by atoms with van der Waals surface area (Å²) in [6.07, 6.45) is 2.57. The predicted molar refractivity (Wildman–Crippen MR) is 155 cm³/mol. The van der Waals surface area contributed by atoms with Gasteiger partial charge in [0.2, 0.25) is 10.0 Å². The number of rotatable bonds is 15. The molecule has 0 aliphatic carbocycles. The maximum atomic E-state index is 13.3. The molecule has 0 aliphatic heterocycles. The minimum absolute atomic E-state index is 0.0298. The molecule has 0 aliphatic rings. The summed E-state index contributed by atoms with van der Waals surface area (Å²) >= 11 is 0. The Morgan fingerprint density at radius 1 is 0.923 bits per heavy atom. The molecule has 3 aromatic carbocycles. The third-order valence-electron chi connectivity index (χ3n) is 6.85. The minimum Gasteiger partial charge on any atom is -0.481 e. The number of sulfonamides is 1. The van der Waals surface area contributed by atoms with Crippen molar-refractivity contribution in [1.29, 1.82) is 0 Å². The number of aliphatic hydroxyl groups excluding tert-OH is 1. The van der Waals surface area contributed by atoms with Gasteiger partial charge in [0.05, 0.1) is 11.0 Å². The average molecular weight is 553 g/mol. The number of carboxylic acids is 1. The van der Waals surface area contributed by atoms with Gasteiger partial charge in [0, 0.05) is 32.1 Å². The number of carbonyl (C=O) groups is 1. The first kappa shape index (κ1) is 30.5. The number of aliphatic carboxylic acids is 1. The van der Waals surface area contributed by atoms with Crippen LogP contribution in [0.15, 0.2) is 83.8 Å². The SMILES string of the molecule is CN(C[C@H](O)CNC(C)(C)CCCc1ccccc1)S(=O)(=O)c1cccc(-c2ccc(CCC(=O)O)cc2)c1. The number of benzene rings is 3. The number of hydrogen-bond donors (Lipinski definition) is 3. The van der Waals surface area contributed by atoms with E-state index in [1.54, 1.807) is 18.2 Å². The number of β-amino-alcohol motifs (C(OH)–C–C–N with tert-alkyl or cyclic N) is 1. The summed E-state index contributed by atoms with van der Waals surface area (Å²) in [4.78, 5) is 10.9. The fourth-order valence-electron chi connectivity index (χ4n) is 4.45. The van der Waals surface area contributed by atoms with Crippen molar-refractivity contribution in [2.45, 2.75) is 62.5 Å². The summed E-state index contributed by atoms with van der Waals surface area (Å²) in [6.45, 7) is 4.44. The molecule has 0 saturated carbocycles. The standard InChI is InChI=1S/C31H40N2O5S/c1-31(2,20-8-11-24-9-5-4-6-10-24)32-22-28(34)23-33(3)39(37,38)29-13-7-12-27(21-29)26-17-14-25(15-18-26)16-19-30(35)36/h4-7,9-10,12-15,17-18,21,28,32,34H,8,11,16,19-20,22-23H2,1-3H3,(H,35,36)/t28-/m1/s1. The number of carboxylic acid groups (broad SMARTS) is 1. The molecule has 8 heteroatoms. The van der Waals surface area contributed by atoms with Gasteiger partial charge in [0.25, 0.3) is 0 Å². The predicted octanol–water partition coefficient (Wildman–Crippen LogP) is 4.74. The van der Waals surface area contributed by atoms with Crippen LogP contribution < -0.4 is 5.32 Å². The van der Waals surface area contributed by atoms with E-state index >= 15 is 0 Å². The van der Waals surface area contributed by atoms with Crippen molar-refractivity contribution >= 4 is 16.0 Å². The number of likely N-dealkylation sites (N-methyl/N-ethyl adjacent to an activating group) is 1. The summed E-state index contributed by atoms with van der Waals surface area (Å²) in [5.41, 5.74) is 3.61. The number of nitrogens with one attached hydrogen (secondary N) is 1. The topological polar surface area (TPSA) is 107 Å². The molecule has 0 fully saturated rings. The van der Waals surface area contributed by atoms with Crippen LogP contribution in [-0.4, -0.2) is 60.7 Å². The van der Waals surface area contributed by atoms with Crippen molar-refractivity contribution in [2.24, 2.45) is 0 Å². The molecule has 3 rings (SSSR count). The van der Waals surface area contributed by atoms with Gasteiger partial charge in [-0.25, -0.2) is 8.42 Å². The Morgan fingerprint density at radius 3 is 2.26 bits per heavy atom. The monoisotopic (exact) mass is 552 g/mol. The summed E-state index contributed by atoms with van der Waals surface area (Å²) in [5, 5.41) is 22.9. The van der Waals surface area contributed by atoms with E-state index in [0.29, 0.717) is 6.42 Å². The molecule has 3 N–H and O–H groups in total. The van der Waals surface area contributed by atoms with Crippen LogP contribution in [0.2, 0.25) is 0 Å². The van der Waals surface area contributed by atoms with E-state index in [2.05, 4.69) is 31.3 Å². The first-order chi connectivity index (χ1) is 18.5. The van der Waals surface area contributed by atoms with Crippen molar-refractivity contribution in [3.05, 3.63) is 90.0 Å². The highest BCUT2D eigenvalue weighted by Gasteiger charge is 2.25. The zero-order valence-electron chi connectivity index (χ0n) is 23.0. The molecule has 0 amide bonds. The fourth-order valence-corrected chi connectivity index (χ4v) is 5.71. The largest absolute Gasteiger partial charge is 0.481 e. The Bertz CT molecular complexity index is 1310. The summed E-state index contributed by atoms with van der Waals surface area (Å²) in [6, 6.07) is 24.5. The molecule has 1 atom stereocenters. The molecular weight excluding hydrogens is 512 g/mol. The highest BCUT2D eigenvalue weighted by molar-refractivity contribution is 7.89. The highest BCUT2D eigenvalue weighted by Crippen LogP contribution is 2.25. The van der Waals surface area contributed by atoms with Crippen molar-refractivity contribution < 1.29 is 23.4 Å². The molecule has 0 saturated heterocycles. The first-order valence-corrected chi connectivity index (χ1v) is 14.7. The van der Waals surface area contributed by atoms with E-state index < -0.39 is 22.1 Å². The molecule has 0 aromatic heterocycles. The second kappa shape index (κ2) is 13.8. The lowest BCUT2D eigenvalue weighted by molar-refractivity contribution is -0.136. The van der Waals surface area contributed by atoms with Crippen LogP contribution in [0.3, 0.4) is 0 Å². The van der Waals surface area contributed by atoms with Crippen molar-refractivity contribution in [3.63, 3.8) is 0 Å². The quantitative estimate of drug-likeness (QED) is 0.251. The van der Waals surface area contributed by atoms with E-state index in [4.69, 9.17) is 5.11 Å². The van der Waals surface area contributed by atoms with Gasteiger partial charge in [-0.1, -0.05) is 66.7 Å². The third-order valence-corrected chi connectivity index (χ3v) is 8.67. The Balaban J connectivity index is 1.54. The Kier molecular flexibility index (Phi) is 10.8. The summed E-state index contributed by atoms with van der Waals surface area (Å²) in [5.74, 6) is -0.843. The molecule has 210 valence electrons. The van der Waals surface area contributed by atoms with Crippen LogP contribution >= 0.6 is 0 Å². The Labute approximate surface area is 232 Å². The molecule has 0 unspecified atom stereocenters. The van der Waals surface area contributed by atoms with Crippen LogP contribution in [0, 0.1) is 0 Å². The van der Waals surface area contributed by atoms with Crippen LogP contribution in [0.1, 0.15) is 44.2 Å². The Morgan fingerprint density at radius 2 is 1.59 bits per heavy atom. The molecule has 7 nitrogen and oxygen atoms in total. The highest BCUT2D eigenvalue weighted by atomic mass is 32.2. The third kappa shape index (κ3) is 9.58. The molecule has 0 spiro atoms. The van der Waals surface area contributed by atoms with Gasteiger partial charge in [-0.15, -0.1) is 0 Å².